The number of amides is 1. The van der Waals surface area contributed by atoms with Crippen molar-refractivity contribution in [1.29, 1.82) is 0 Å². The highest BCUT2D eigenvalue weighted by Crippen LogP contribution is 2.28. The lowest BCUT2D eigenvalue weighted by Gasteiger charge is -2.17. The molecule has 27 heavy (non-hydrogen) atoms. The van der Waals surface area contributed by atoms with Gasteiger partial charge in [-0.05, 0) is 52.0 Å². The highest BCUT2D eigenvalue weighted by atomic mass is 35.5. The maximum absolute atomic E-state index is 13.0. The molecule has 0 spiro atoms. The summed E-state index contributed by atoms with van der Waals surface area (Å²) in [5.74, 6) is 0.114. The summed E-state index contributed by atoms with van der Waals surface area (Å²) in [7, 11) is 3.97. The number of pyridine rings is 1. The van der Waals surface area contributed by atoms with Crippen LogP contribution in [0.5, 0.6) is 0 Å². The van der Waals surface area contributed by atoms with Gasteiger partial charge in [-0.2, -0.15) is 0 Å². The highest BCUT2D eigenvalue weighted by molar-refractivity contribution is 6.35. The van der Waals surface area contributed by atoms with Gasteiger partial charge in [0, 0.05) is 0 Å². The molecule has 1 amide bonds. The Morgan fingerprint density at radius 1 is 1.37 bits per heavy atom. The SMILES string of the molecule is Cc1cc(Nc2ncnc(N)c2Cl)c(=O)n2c1C(=O)NC2CCCN(C)C. The zero-order chi connectivity index (χ0) is 19.7. The third kappa shape index (κ3) is 3.74. The number of fused-ring (bicyclic) bond motifs is 1. The molecule has 0 fully saturated rings. The predicted molar refractivity (Wildman–Crippen MR) is 104 cm³/mol. The first kappa shape index (κ1) is 19.1. The maximum atomic E-state index is 13.0. The van der Waals surface area contributed by atoms with Gasteiger partial charge in [-0.3, -0.25) is 14.2 Å². The average molecular weight is 392 g/mol. The second kappa shape index (κ2) is 7.53. The molecule has 0 saturated carbocycles. The van der Waals surface area contributed by atoms with Crippen molar-refractivity contribution in [3.8, 4) is 0 Å². The number of rotatable bonds is 6. The molecule has 3 heterocycles. The molecule has 1 aliphatic heterocycles. The van der Waals surface area contributed by atoms with E-state index in [1.165, 1.54) is 10.9 Å². The Balaban J connectivity index is 1.97. The number of halogens is 1. The molecule has 2 aromatic rings. The van der Waals surface area contributed by atoms with E-state index in [-0.39, 0.29) is 40.0 Å². The predicted octanol–water partition coefficient (Wildman–Crippen LogP) is 1.51. The van der Waals surface area contributed by atoms with Crippen LogP contribution in [-0.2, 0) is 0 Å². The number of aromatic nitrogens is 3. The van der Waals surface area contributed by atoms with Gasteiger partial charge in [-0.1, -0.05) is 11.6 Å². The third-order valence-electron chi connectivity index (χ3n) is 4.40. The summed E-state index contributed by atoms with van der Waals surface area (Å²) >= 11 is 6.11. The molecule has 0 saturated heterocycles. The number of nitrogens with one attached hydrogen (secondary N) is 2. The molecule has 144 valence electrons. The minimum absolute atomic E-state index is 0.116. The minimum atomic E-state index is -0.383. The summed E-state index contributed by atoms with van der Waals surface area (Å²) in [6.45, 7) is 2.65. The van der Waals surface area contributed by atoms with Crippen LogP contribution in [0.15, 0.2) is 17.2 Å². The van der Waals surface area contributed by atoms with Crippen LogP contribution in [0, 0.1) is 6.92 Å². The van der Waals surface area contributed by atoms with Gasteiger partial charge in [0.2, 0.25) is 0 Å². The molecule has 1 atom stereocenters. The van der Waals surface area contributed by atoms with Crippen molar-refractivity contribution in [3.05, 3.63) is 39.0 Å². The number of hydrogen-bond acceptors (Lipinski definition) is 7. The van der Waals surface area contributed by atoms with E-state index in [4.69, 9.17) is 17.3 Å². The van der Waals surface area contributed by atoms with Gasteiger partial charge in [-0.25, -0.2) is 9.97 Å². The molecule has 1 unspecified atom stereocenters. The summed E-state index contributed by atoms with van der Waals surface area (Å²) in [4.78, 5) is 35.3. The first-order valence-electron chi connectivity index (χ1n) is 8.54. The normalized spacial score (nSPS) is 15.7. The lowest BCUT2D eigenvalue weighted by molar-refractivity contribution is 0.0953. The Hall–Kier alpha value is -2.65. The third-order valence-corrected chi connectivity index (χ3v) is 4.77. The van der Waals surface area contributed by atoms with E-state index in [1.54, 1.807) is 13.0 Å². The molecular formula is C17H22ClN7O2. The van der Waals surface area contributed by atoms with Crippen molar-refractivity contribution < 1.29 is 4.79 Å². The standard InChI is InChI=1S/C17H22ClN7O2/c1-9-7-10(22-15-12(18)14(19)20-8-21-15)17(27)25-11(5-4-6-24(2)3)23-16(26)13(9)25/h7-8,11H,4-6H2,1-3H3,(H,23,26)(H3,19,20,21,22). The number of nitrogen functional groups attached to an aromatic ring is 1. The number of carbonyl (C=O) groups excluding carboxylic acids is 1. The Morgan fingerprint density at radius 3 is 2.81 bits per heavy atom. The molecule has 3 rings (SSSR count). The van der Waals surface area contributed by atoms with Gasteiger partial charge in [-0.15, -0.1) is 0 Å². The number of anilines is 3. The monoisotopic (exact) mass is 391 g/mol. The fourth-order valence-corrected chi connectivity index (χ4v) is 3.27. The van der Waals surface area contributed by atoms with E-state index in [0.29, 0.717) is 17.7 Å². The number of nitrogens with two attached hydrogens (primary N) is 1. The molecule has 1 aliphatic rings. The van der Waals surface area contributed by atoms with Crippen LogP contribution in [0.4, 0.5) is 17.3 Å². The molecule has 0 aliphatic carbocycles. The Kier molecular flexibility index (Phi) is 5.33. The molecular weight excluding hydrogens is 370 g/mol. The van der Waals surface area contributed by atoms with Crippen LogP contribution in [0.2, 0.25) is 5.02 Å². The summed E-state index contributed by atoms with van der Waals surface area (Å²) in [5.41, 5.74) is 6.70. The van der Waals surface area contributed by atoms with E-state index in [1.807, 2.05) is 14.1 Å². The summed E-state index contributed by atoms with van der Waals surface area (Å²) in [5, 5.41) is 5.95. The van der Waals surface area contributed by atoms with Crippen LogP contribution >= 0.6 is 11.6 Å². The van der Waals surface area contributed by atoms with Crippen LogP contribution in [0.3, 0.4) is 0 Å². The van der Waals surface area contributed by atoms with Gasteiger partial charge < -0.3 is 21.3 Å². The van der Waals surface area contributed by atoms with E-state index in [2.05, 4.69) is 25.5 Å². The van der Waals surface area contributed by atoms with Crippen LogP contribution in [-0.4, -0.2) is 46.0 Å². The zero-order valence-corrected chi connectivity index (χ0v) is 16.2. The van der Waals surface area contributed by atoms with Crippen LogP contribution < -0.4 is 21.9 Å². The van der Waals surface area contributed by atoms with E-state index in [9.17, 15) is 9.59 Å². The first-order chi connectivity index (χ1) is 12.8. The second-order valence-electron chi connectivity index (χ2n) is 6.75. The summed E-state index contributed by atoms with van der Waals surface area (Å²) < 4.78 is 1.51. The Labute approximate surface area is 161 Å². The zero-order valence-electron chi connectivity index (χ0n) is 15.4. The van der Waals surface area contributed by atoms with Gasteiger partial charge in [0.15, 0.2) is 5.82 Å². The number of aryl methyl sites for hydroxylation is 1. The van der Waals surface area contributed by atoms with Crippen molar-refractivity contribution in [2.75, 3.05) is 31.7 Å². The lowest BCUT2D eigenvalue weighted by atomic mass is 10.2. The molecule has 2 aromatic heterocycles. The van der Waals surface area contributed by atoms with Crippen molar-refractivity contribution >= 4 is 34.8 Å². The molecule has 0 bridgehead atoms. The van der Waals surface area contributed by atoms with Crippen LogP contribution in [0.1, 0.15) is 35.1 Å². The topological polar surface area (TPSA) is 118 Å². The maximum Gasteiger partial charge on any atom is 0.276 e. The van der Waals surface area contributed by atoms with Gasteiger partial charge in [0.25, 0.3) is 11.5 Å². The highest BCUT2D eigenvalue weighted by Gasteiger charge is 2.31. The van der Waals surface area contributed by atoms with Crippen molar-refractivity contribution in [2.45, 2.75) is 25.9 Å². The summed E-state index contributed by atoms with van der Waals surface area (Å²) in [6, 6.07) is 1.62. The van der Waals surface area contributed by atoms with E-state index >= 15 is 0 Å². The fourth-order valence-electron chi connectivity index (χ4n) is 3.13. The molecule has 4 N–H and O–H groups in total. The average Bonchev–Trinajstić information content (AvgIpc) is 2.93. The van der Waals surface area contributed by atoms with Crippen molar-refractivity contribution in [2.24, 2.45) is 0 Å². The number of carbonyl (C=O) groups is 1. The Bertz CT molecular complexity index is 942. The quantitative estimate of drug-likeness (QED) is 0.682. The van der Waals surface area contributed by atoms with Gasteiger partial charge in [0.05, 0.1) is 0 Å². The van der Waals surface area contributed by atoms with Gasteiger partial charge in [0.1, 0.15) is 34.7 Å². The van der Waals surface area contributed by atoms with Crippen molar-refractivity contribution in [1.82, 2.24) is 24.8 Å². The molecule has 10 heteroatoms. The lowest BCUT2D eigenvalue weighted by Crippen LogP contribution is -2.30. The first-order valence-corrected chi connectivity index (χ1v) is 8.92. The van der Waals surface area contributed by atoms with Crippen LogP contribution in [0.25, 0.3) is 0 Å². The largest absolute Gasteiger partial charge is 0.382 e. The van der Waals surface area contributed by atoms with Crippen molar-refractivity contribution in [3.63, 3.8) is 0 Å². The Morgan fingerprint density at radius 2 is 2.11 bits per heavy atom. The second-order valence-corrected chi connectivity index (χ2v) is 7.12. The number of hydrogen-bond donors (Lipinski definition) is 3. The molecule has 0 radical (unpaired) electrons. The summed E-state index contributed by atoms with van der Waals surface area (Å²) in [6.07, 6.45) is 2.37. The van der Waals surface area contributed by atoms with E-state index < -0.39 is 0 Å². The number of nitrogens with zero attached hydrogens (tertiary/aromatic N) is 4. The molecule has 0 aromatic carbocycles. The smallest absolute Gasteiger partial charge is 0.276 e. The minimum Gasteiger partial charge on any atom is -0.382 e. The van der Waals surface area contributed by atoms with Gasteiger partial charge >= 0.3 is 0 Å². The van der Waals surface area contributed by atoms with E-state index in [0.717, 1.165) is 13.0 Å². The fraction of sp³-hybridized carbons (Fsp3) is 0.412. The molecule has 9 nitrogen and oxygen atoms in total.